The van der Waals surface area contributed by atoms with E-state index in [9.17, 15) is 10.1 Å². The summed E-state index contributed by atoms with van der Waals surface area (Å²) in [7, 11) is 1.51. The lowest BCUT2D eigenvalue weighted by Crippen LogP contribution is -2.34. The second kappa shape index (κ2) is 7.32. The molecule has 0 saturated heterocycles. The Kier molecular flexibility index (Phi) is 5.76. The molecule has 7 nitrogen and oxygen atoms in total. The average Bonchev–Trinajstić information content (AvgIpc) is 2.42. The number of nitrogens with one attached hydrogen (secondary N) is 1. The van der Waals surface area contributed by atoms with Gasteiger partial charge in [0.15, 0.2) is 5.96 Å². The first-order valence-electron chi connectivity index (χ1n) is 6.29. The van der Waals surface area contributed by atoms with Gasteiger partial charge in [0.05, 0.1) is 18.6 Å². The summed E-state index contributed by atoms with van der Waals surface area (Å²) in [5.74, 6) is 1.32. The van der Waals surface area contributed by atoms with E-state index in [1.807, 2.05) is 0 Å². The third-order valence-corrected chi connectivity index (χ3v) is 2.59. The molecule has 0 aliphatic rings. The van der Waals surface area contributed by atoms with Gasteiger partial charge in [0, 0.05) is 24.2 Å². The Labute approximate surface area is 118 Å². The molecular formula is C13H20N4O3. The van der Waals surface area contributed by atoms with Crippen molar-refractivity contribution in [3.8, 4) is 5.75 Å². The molecule has 0 spiro atoms. The van der Waals surface area contributed by atoms with E-state index >= 15 is 0 Å². The highest BCUT2D eigenvalue weighted by atomic mass is 16.6. The van der Waals surface area contributed by atoms with Crippen LogP contribution in [0.25, 0.3) is 0 Å². The Morgan fingerprint density at radius 2 is 2.25 bits per heavy atom. The smallest absolute Gasteiger partial charge is 0.270 e. The van der Waals surface area contributed by atoms with Crippen molar-refractivity contribution >= 4 is 11.6 Å². The zero-order chi connectivity index (χ0) is 15.1. The number of aliphatic imine (C=N–C) groups is 1. The fourth-order valence-corrected chi connectivity index (χ4v) is 1.54. The van der Waals surface area contributed by atoms with Crippen molar-refractivity contribution in [1.82, 2.24) is 5.32 Å². The van der Waals surface area contributed by atoms with E-state index in [1.165, 1.54) is 19.2 Å². The molecule has 20 heavy (non-hydrogen) atoms. The molecule has 1 aromatic rings. The van der Waals surface area contributed by atoms with Gasteiger partial charge in [-0.2, -0.15) is 0 Å². The van der Waals surface area contributed by atoms with E-state index in [-0.39, 0.29) is 12.2 Å². The average molecular weight is 280 g/mol. The number of nitrogens with two attached hydrogens (primary N) is 1. The molecule has 0 fully saturated rings. The normalized spacial score (nSPS) is 11.5. The fraction of sp³-hybridized carbons (Fsp3) is 0.462. The Hall–Kier alpha value is -2.31. The molecule has 1 aromatic carbocycles. The van der Waals surface area contributed by atoms with Crippen LogP contribution < -0.4 is 15.8 Å². The van der Waals surface area contributed by atoms with Crippen LogP contribution in [0.2, 0.25) is 0 Å². The van der Waals surface area contributed by atoms with Crippen LogP contribution in [0, 0.1) is 16.0 Å². The highest BCUT2D eigenvalue weighted by Crippen LogP contribution is 2.24. The number of ether oxygens (including phenoxy) is 1. The third-order valence-electron chi connectivity index (χ3n) is 2.59. The van der Waals surface area contributed by atoms with Gasteiger partial charge in [-0.1, -0.05) is 13.8 Å². The summed E-state index contributed by atoms with van der Waals surface area (Å²) in [4.78, 5) is 14.5. The van der Waals surface area contributed by atoms with Gasteiger partial charge in [0.25, 0.3) is 5.69 Å². The van der Waals surface area contributed by atoms with Gasteiger partial charge in [-0.25, -0.2) is 4.99 Å². The molecule has 0 aliphatic carbocycles. The second-order valence-electron chi connectivity index (χ2n) is 4.73. The predicted molar refractivity (Wildman–Crippen MR) is 77.8 cm³/mol. The van der Waals surface area contributed by atoms with Gasteiger partial charge in [-0.15, -0.1) is 0 Å². The topological polar surface area (TPSA) is 103 Å². The van der Waals surface area contributed by atoms with Crippen molar-refractivity contribution in [2.75, 3.05) is 13.7 Å². The molecule has 3 N–H and O–H groups in total. The van der Waals surface area contributed by atoms with Gasteiger partial charge in [-0.05, 0) is 12.0 Å². The molecule has 0 radical (unpaired) electrons. The number of nitrogens with zero attached hydrogens (tertiary/aromatic N) is 2. The van der Waals surface area contributed by atoms with E-state index in [0.717, 1.165) is 6.54 Å². The monoisotopic (exact) mass is 280 g/mol. The van der Waals surface area contributed by atoms with Crippen LogP contribution in [-0.2, 0) is 6.54 Å². The van der Waals surface area contributed by atoms with E-state index < -0.39 is 4.92 Å². The van der Waals surface area contributed by atoms with Gasteiger partial charge < -0.3 is 15.8 Å². The maximum atomic E-state index is 10.8. The number of nitro benzene ring substituents is 1. The van der Waals surface area contributed by atoms with Crippen molar-refractivity contribution in [2.24, 2.45) is 16.6 Å². The molecule has 0 heterocycles. The van der Waals surface area contributed by atoms with Crippen LogP contribution in [0.5, 0.6) is 5.75 Å². The quantitative estimate of drug-likeness (QED) is 0.357. The molecule has 0 atom stereocenters. The Morgan fingerprint density at radius 3 is 2.80 bits per heavy atom. The van der Waals surface area contributed by atoms with Crippen molar-refractivity contribution < 1.29 is 9.66 Å². The number of non-ortho nitro benzene ring substituents is 1. The highest BCUT2D eigenvalue weighted by Gasteiger charge is 2.11. The van der Waals surface area contributed by atoms with Crippen LogP contribution in [0.4, 0.5) is 5.69 Å². The number of guanidine groups is 1. The van der Waals surface area contributed by atoms with E-state index in [0.29, 0.717) is 23.2 Å². The molecule has 0 unspecified atom stereocenters. The van der Waals surface area contributed by atoms with Gasteiger partial charge in [-0.3, -0.25) is 10.1 Å². The third kappa shape index (κ3) is 4.75. The SMILES string of the molecule is COc1ccc([N+](=O)[O-])cc1CN=C(N)NCC(C)C. The number of nitro groups is 1. The van der Waals surface area contributed by atoms with Crippen LogP contribution >= 0.6 is 0 Å². The zero-order valence-electron chi connectivity index (χ0n) is 11.9. The Bertz CT molecular complexity index is 500. The fourth-order valence-electron chi connectivity index (χ4n) is 1.54. The first-order chi connectivity index (χ1) is 9.43. The first-order valence-corrected chi connectivity index (χ1v) is 6.29. The molecule has 110 valence electrons. The largest absolute Gasteiger partial charge is 0.496 e. The van der Waals surface area contributed by atoms with Crippen molar-refractivity contribution in [2.45, 2.75) is 20.4 Å². The lowest BCUT2D eigenvalue weighted by atomic mass is 10.2. The summed E-state index contributed by atoms with van der Waals surface area (Å²) in [6, 6.07) is 4.39. The van der Waals surface area contributed by atoms with E-state index in [1.54, 1.807) is 6.07 Å². The van der Waals surface area contributed by atoms with E-state index in [4.69, 9.17) is 10.5 Å². The Morgan fingerprint density at radius 1 is 1.55 bits per heavy atom. The van der Waals surface area contributed by atoms with Crippen LogP contribution in [0.15, 0.2) is 23.2 Å². The Balaban J connectivity index is 2.82. The molecule has 0 aromatic heterocycles. The molecule has 0 aliphatic heterocycles. The predicted octanol–water partition coefficient (Wildman–Crippen LogP) is 1.66. The summed E-state index contributed by atoms with van der Waals surface area (Å²) in [5.41, 5.74) is 6.35. The van der Waals surface area contributed by atoms with Gasteiger partial charge in [0.2, 0.25) is 0 Å². The summed E-state index contributed by atoms with van der Waals surface area (Å²) in [5, 5.41) is 13.7. The molecule has 0 bridgehead atoms. The van der Waals surface area contributed by atoms with E-state index in [2.05, 4.69) is 24.2 Å². The number of hydrogen-bond donors (Lipinski definition) is 2. The summed E-state index contributed by atoms with van der Waals surface area (Å²) in [6.07, 6.45) is 0. The van der Waals surface area contributed by atoms with Crippen molar-refractivity contribution in [3.05, 3.63) is 33.9 Å². The molecule has 1 rings (SSSR count). The minimum Gasteiger partial charge on any atom is -0.496 e. The van der Waals surface area contributed by atoms with Crippen molar-refractivity contribution in [1.29, 1.82) is 0 Å². The van der Waals surface area contributed by atoms with Crippen molar-refractivity contribution in [3.63, 3.8) is 0 Å². The molecule has 0 amide bonds. The number of benzene rings is 1. The minimum absolute atomic E-state index is 0.00436. The minimum atomic E-state index is -0.451. The van der Waals surface area contributed by atoms with Crippen LogP contribution in [0.3, 0.4) is 0 Å². The lowest BCUT2D eigenvalue weighted by molar-refractivity contribution is -0.384. The number of methoxy groups -OCH3 is 1. The van der Waals surface area contributed by atoms with Gasteiger partial charge in [0.1, 0.15) is 5.75 Å². The maximum absolute atomic E-state index is 10.8. The molecule has 7 heteroatoms. The van der Waals surface area contributed by atoms with Crippen LogP contribution in [-0.4, -0.2) is 24.5 Å². The van der Waals surface area contributed by atoms with Crippen LogP contribution in [0.1, 0.15) is 19.4 Å². The summed E-state index contributed by atoms with van der Waals surface area (Å²) < 4.78 is 5.16. The number of hydrogen-bond acceptors (Lipinski definition) is 4. The van der Waals surface area contributed by atoms with Gasteiger partial charge >= 0.3 is 0 Å². The summed E-state index contributed by atoms with van der Waals surface area (Å²) >= 11 is 0. The molecule has 0 saturated carbocycles. The molecular weight excluding hydrogens is 260 g/mol. The summed E-state index contributed by atoms with van der Waals surface area (Å²) in [6.45, 7) is 5.07. The maximum Gasteiger partial charge on any atom is 0.270 e. The second-order valence-corrected chi connectivity index (χ2v) is 4.73. The lowest BCUT2D eigenvalue weighted by Gasteiger charge is -2.09. The first kappa shape index (κ1) is 15.7. The highest BCUT2D eigenvalue weighted by molar-refractivity contribution is 5.77. The zero-order valence-corrected chi connectivity index (χ0v) is 11.9. The standard InChI is InChI=1S/C13H20N4O3/c1-9(2)7-15-13(14)16-8-10-6-11(17(18)19)4-5-12(10)20-3/h4-6,9H,7-8H2,1-3H3,(H3,14,15,16). The number of rotatable bonds is 6.